The van der Waals surface area contributed by atoms with Crippen molar-refractivity contribution >= 4 is 40.4 Å². The smallest absolute Gasteiger partial charge is 0.251 e. The van der Waals surface area contributed by atoms with E-state index in [1.165, 1.54) is 78.2 Å². The molecule has 0 bridgehead atoms. The molecule has 10 rings (SSSR count). The number of nitrogens with zero attached hydrogens (tertiary/aromatic N) is 2. The van der Waals surface area contributed by atoms with Crippen molar-refractivity contribution in [3.8, 4) is 0 Å². The van der Waals surface area contributed by atoms with Crippen molar-refractivity contribution in [1.29, 1.82) is 0 Å². The summed E-state index contributed by atoms with van der Waals surface area (Å²) in [7, 11) is 0. The van der Waals surface area contributed by atoms with E-state index in [9.17, 15) is 0 Å². The predicted octanol–water partition coefficient (Wildman–Crippen LogP) is 11.9. The fraction of sp³-hybridized carbons (Fsp3) is 0.308. The molecule has 274 valence electrons. The maximum Gasteiger partial charge on any atom is 0.251 e. The highest BCUT2D eigenvalue weighted by atomic mass is 15.2. The van der Waals surface area contributed by atoms with Crippen LogP contribution >= 0.6 is 0 Å². The molecule has 3 heterocycles. The van der Waals surface area contributed by atoms with Crippen LogP contribution in [0.1, 0.15) is 102 Å². The molecule has 0 N–H and O–H groups in total. The number of anilines is 4. The van der Waals surface area contributed by atoms with Crippen molar-refractivity contribution in [2.75, 3.05) is 9.80 Å². The first-order valence-corrected chi connectivity index (χ1v) is 20.7. The van der Waals surface area contributed by atoms with E-state index in [1.54, 1.807) is 0 Å². The Morgan fingerprint density at radius 3 is 2.09 bits per heavy atom. The molecule has 3 unspecified atom stereocenters. The molecule has 3 aliphatic heterocycles. The fourth-order valence-corrected chi connectivity index (χ4v) is 10.5. The van der Waals surface area contributed by atoms with E-state index in [0.29, 0.717) is 5.92 Å². The third kappa shape index (κ3) is 5.14. The Hall–Kier alpha value is -5.02. The van der Waals surface area contributed by atoms with Gasteiger partial charge in [0.15, 0.2) is 0 Å². The van der Waals surface area contributed by atoms with Crippen LogP contribution in [0.5, 0.6) is 0 Å². The van der Waals surface area contributed by atoms with E-state index < -0.39 is 0 Å². The van der Waals surface area contributed by atoms with Crippen molar-refractivity contribution < 1.29 is 0 Å². The lowest BCUT2D eigenvalue weighted by Crippen LogP contribution is -2.58. The maximum atomic E-state index is 2.77. The first kappa shape index (κ1) is 34.5. The Morgan fingerprint density at radius 2 is 1.33 bits per heavy atom. The minimum Gasteiger partial charge on any atom is -0.335 e. The van der Waals surface area contributed by atoms with Gasteiger partial charge in [-0.15, -0.1) is 0 Å². The number of hydrogen-bond acceptors (Lipinski definition) is 2. The molecule has 4 aromatic carbocycles. The molecule has 3 aliphatic carbocycles. The first-order chi connectivity index (χ1) is 26.4. The molecule has 6 aliphatic rings. The highest BCUT2D eigenvalue weighted by Gasteiger charge is 2.50. The normalized spacial score (nSPS) is 21.8. The second-order valence-electron chi connectivity index (χ2n) is 18.9. The zero-order valence-electron chi connectivity index (χ0n) is 33.7. The summed E-state index contributed by atoms with van der Waals surface area (Å²) < 4.78 is 0. The second kappa shape index (κ2) is 12.2. The molecule has 3 heteroatoms. The van der Waals surface area contributed by atoms with Gasteiger partial charge in [0.2, 0.25) is 0 Å². The van der Waals surface area contributed by atoms with Gasteiger partial charge in [-0.05, 0) is 118 Å². The van der Waals surface area contributed by atoms with E-state index in [0.717, 1.165) is 25.7 Å². The van der Waals surface area contributed by atoms with Crippen LogP contribution in [0.2, 0.25) is 0 Å². The van der Waals surface area contributed by atoms with Gasteiger partial charge in [0.1, 0.15) is 0 Å². The summed E-state index contributed by atoms with van der Waals surface area (Å²) in [4.78, 5) is 5.46. The van der Waals surface area contributed by atoms with Gasteiger partial charge in [-0.25, -0.2) is 0 Å². The van der Waals surface area contributed by atoms with Gasteiger partial charge in [-0.1, -0.05) is 151 Å². The molecule has 3 atom stereocenters. The van der Waals surface area contributed by atoms with Crippen LogP contribution in [0.3, 0.4) is 0 Å². The lowest BCUT2D eigenvalue weighted by atomic mass is 9.32. The van der Waals surface area contributed by atoms with E-state index in [1.807, 2.05) is 0 Å². The molecule has 55 heavy (non-hydrogen) atoms. The summed E-state index contributed by atoms with van der Waals surface area (Å²) in [6.07, 6.45) is 23.8. The van der Waals surface area contributed by atoms with E-state index in [2.05, 4.69) is 192 Å². The average Bonchev–Trinajstić information content (AvgIpc) is 3.54. The number of hydrogen-bond donors (Lipinski definition) is 0. The molecular formula is C52H53BN2. The summed E-state index contributed by atoms with van der Waals surface area (Å²) in [5, 5.41) is 0. The minimum atomic E-state index is -0.350. The Kier molecular flexibility index (Phi) is 7.67. The van der Waals surface area contributed by atoms with Gasteiger partial charge in [0, 0.05) is 39.8 Å². The topological polar surface area (TPSA) is 6.48 Å². The number of fused-ring (bicyclic) bond motifs is 7. The average molecular weight is 717 g/mol. The molecule has 0 spiro atoms. The molecule has 0 fully saturated rings. The van der Waals surface area contributed by atoms with Gasteiger partial charge in [0.05, 0.1) is 6.04 Å². The lowest BCUT2D eigenvalue weighted by Gasteiger charge is -2.48. The molecule has 0 radical (unpaired) electrons. The van der Waals surface area contributed by atoms with Crippen LogP contribution in [-0.2, 0) is 10.8 Å². The number of allylic oxidation sites excluding steroid dienone is 10. The van der Waals surface area contributed by atoms with Gasteiger partial charge in [-0.2, -0.15) is 0 Å². The van der Waals surface area contributed by atoms with Gasteiger partial charge in [-0.3, -0.25) is 0 Å². The molecule has 4 aromatic rings. The molecule has 0 aromatic heterocycles. The fourth-order valence-electron chi connectivity index (χ4n) is 10.5. The van der Waals surface area contributed by atoms with E-state index >= 15 is 0 Å². The Bertz CT molecular complexity index is 2440. The number of para-hydroxylation sites is 1. The lowest BCUT2D eigenvalue weighted by molar-refractivity contribution is 0.508. The zero-order chi connectivity index (χ0) is 37.9. The Balaban J connectivity index is 1.33. The summed E-state index contributed by atoms with van der Waals surface area (Å²) >= 11 is 0. The van der Waals surface area contributed by atoms with Gasteiger partial charge in [0.25, 0.3) is 6.71 Å². The molecular weight excluding hydrogens is 663 g/mol. The van der Waals surface area contributed by atoms with Crippen LogP contribution in [0.25, 0.3) is 0 Å². The molecule has 0 saturated carbocycles. The van der Waals surface area contributed by atoms with Crippen LogP contribution in [0.15, 0.2) is 156 Å². The summed E-state index contributed by atoms with van der Waals surface area (Å²) in [5.74, 6) is 0.358. The predicted molar refractivity (Wildman–Crippen MR) is 235 cm³/mol. The zero-order valence-corrected chi connectivity index (χ0v) is 33.7. The van der Waals surface area contributed by atoms with Gasteiger partial charge >= 0.3 is 0 Å². The van der Waals surface area contributed by atoms with Crippen LogP contribution < -0.4 is 20.7 Å². The van der Waals surface area contributed by atoms with Crippen LogP contribution in [-0.4, -0.2) is 12.8 Å². The standard InChI is InChI=1S/C52H53BN2/c1-50(2,3)36-22-16-23-39(30-36)54-45-31-37(51(4,5)6)28-29-42(45)53-43-26-17-25-41-40-24-14-15-27-44(40)55(49(41)43)47-33-38(32-46(54)48(47)53)52(7,34-18-10-8-11-19-34)35-20-12-9-13-21-35/h8,10-12,14-22,24,26-33,39,41H,9,13,23,25H2,1-7H3. The van der Waals surface area contributed by atoms with Crippen LogP contribution in [0.4, 0.5) is 22.7 Å². The van der Waals surface area contributed by atoms with E-state index in [-0.39, 0.29) is 29.0 Å². The monoisotopic (exact) mass is 716 g/mol. The van der Waals surface area contributed by atoms with E-state index in [4.69, 9.17) is 0 Å². The largest absolute Gasteiger partial charge is 0.335 e. The summed E-state index contributed by atoms with van der Waals surface area (Å²) in [6.45, 7) is 16.8. The van der Waals surface area contributed by atoms with Crippen molar-refractivity contribution in [3.63, 3.8) is 0 Å². The van der Waals surface area contributed by atoms with Crippen molar-refractivity contribution in [2.24, 2.45) is 5.41 Å². The maximum absolute atomic E-state index is 2.77. The Morgan fingerprint density at radius 1 is 0.600 bits per heavy atom. The SMILES string of the molecule is CC(C)(C)C1=CC(N2c3cc(C(C)(C)C)ccc3B3C4=C5C(CC=C4)c4ccccc4N5c4cc(C(C)(C5=CCCC=C5)c5ccccc5)cc2c43)CC=C1. The van der Waals surface area contributed by atoms with Gasteiger partial charge < -0.3 is 9.80 Å². The second-order valence-corrected chi connectivity index (χ2v) is 18.9. The minimum absolute atomic E-state index is 0.0206. The molecule has 0 saturated heterocycles. The molecule has 0 amide bonds. The van der Waals surface area contributed by atoms with Crippen molar-refractivity contribution in [1.82, 2.24) is 0 Å². The first-order valence-electron chi connectivity index (χ1n) is 20.7. The van der Waals surface area contributed by atoms with Crippen LogP contribution in [0, 0.1) is 5.41 Å². The summed E-state index contributed by atoms with van der Waals surface area (Å²) in [5.41, 5.74) is 19.3. The summed E-state index contributed by atoms with van der Waals surface area (Å²) in [6, 6.07) is 33.4. The molecule has 2 nitrogen and oxygen atoms in total. The quantitative estimate of drug-likeness (QED) is 0.194. The third-order valence-corrected chi connectivity index (χ3v) is 13.5. The third-order valence-electron chi connectivity index (χ3n) is 13.5. The number of rotatable bonds is 4. The highest BCUT2D eigenvalue weighted by Crippen LogP contribution is 2.57. The van der Waals surface area contributed by atoms with Crippen molar-refractivity contribution in [3.05, 3.63) is 178 Å². The number of benzene rings is 4. The highest BCUT2D eigenvalue weighted by molar-refractivity contribution is 6.95. The van der Waals surface area contributed by atoms with Crippen molar-refractivity contribution in [2.45, 2.75) is 96.9 Å². The Labute approximate surface area is 329 Å².